The number of halogens is 3. The minimum Gasteiger partial charge on any atom is -0.493 e. The van der Waals surface area contributed by atoms with E-state index in [1.165, 1.54) is 24.1 Å². The van der Waals surface area contributed by atoms with E-state index in [-0.39, 0.29) is 30.1 Å². The van der Waals surface area contributed by atoms with Gasteiger partial charge in [-0.2, -0.15) is 8.78 Å². The number of amides is 2. The average Bonchev–Trinajstić information content (AvgIpc) is 2.64. The minimum atomic E-state index is -2.96. The molecule has 0 aliphatic rings. The number of methoxy groups -OCH3 is 1. The van der Waals surface area contributed by atoms with Crippen molar-refractivity contribution in [1.29, 1.82) is 0 Å². The topological polar surface area (TPSA) is 50.8 Å². The second-order valence-corrected chi connectivity index (χ2v) is 6.30. The van der Waals surface area contributed by atoms with E-state index in [1.807, 2.05) is 19.1 Å². The number of hydrogen-bond donors (Lipinski definition) is 1. The van der Waals surface area contributed by atoms with E-state index in [0.29, 0.717) is 10.6 Å². The van der Waals surface area contributed by atoms with Crippen molar-refractivity contribution in [2.45, 2.75) is 26.1 Å². The quantitative estimate of drug-likeness (QED) is 0.725. The van der Waals surface area contributed by atoms with Crippen LogP contribution in [0.4, 0.5) is 13.6 Å². The van der Waals surface area contributed by atoms with Crippen LogP contribution in [0.5, 0.6) is 11.5 Å². The van der Waals surface area contributed by atoms with E-state index in [9.17, 15) is 13.6 Å². The molecule has 0 bridgehead atoms. The van der Waals surface area contributed by atoms with Crippen molar-refractivity contribution in [2.75, 3.05) is 14.2 Å². The summed E-state index contributed by atoms with van der Waals surface area (Å²) in [5, 5.41) is 3.35. The normalized spacial score (nSPS) is 11.8. The monoisotopic (exact) mass is 398 g/mol. The molecule has 1 atom stereocenters. The second-order valence-electron chi connectivity index (χ2n) is 5.86. The van der Waals surface area contributed by atoms with Crippen molar-refractivity contribution < 1.29 is 23.0 Å². The first-order chi connectivity index (χ1) is 12.8. The molecule has 5 nitrogen and oxygen atoms in total. The van der Waals surface area contributed by atoms with Crippen LogP contribution in [0.2, 0.25) is 5.02 Å². The lowest BCUT2D eigenvalue weighted by molar-refractivity contribution is -0.0512. The number of ether oxygens (including phenoxy) is 2. The van der Waals surface area contributed by atoms with Crippen molar-refractivity contribution in [2.24, 2.45) is 0 Å². The van der Waals surface area contributed by atoms with Crippen molar-refractivity contribution in [1.82, 2.24) is 10.2 Å². The standard InChI is InChI=1S/C19H21ClF2N2O3/c1-12(14-5-4-6-15(20)10-14)24(2)19(25)23-11-13-7-8-16(26-3)17(9-13)27-18(21)22/h4-10,12,18H,11H2,1-3H3,(H,23,25). The van der Waals surface area contributed by atoms with Gasteiger partial charge in [0.05, 0.1) is 13.2 Å². The summed E-state index contributed by atoms with van der Waals surface area (Å²) >= 11 is 6.00. The zero-order valence-electron chi connectivity index (χ0n) is 15.2. The highest BCUT2D eigenvalue weighted by atomic mass is 35.5. The number of carbonyl (C=O) groups is 1. The summed E-state index contributed by atoms with van der Waals surface area (Å²) in [6.45, 7) is -0.934. The molecule has 0 saturated carbocycles. The lowest BCUT2D eigenvalue weighted by atomic mass is 10.1. The highest BCUT2D eigenvalue weighted by molar-refractivity contribution is 6.30. The number of carbonyl (C=O) groups excluding carboxylic acids is 1. The maximum Gasteiger partial charge on any atom is 0.387 e. The van der Waals surface area contributed by atoms with Crippen LogP contribution in [0, 0.1) is 0 Å². The van der Waals surface area contributed by atoms with Crippen LogP contribution in [0.15, 0.2) is 42.5 Å². The maximum absolute atomic E-state index is 12.5. The average molecular weight is 399 g/mol. The van der Waals surface area contributed by atoms with Gasteiger partial charge >= 0.3 is 12.6 Å². The van der Waals surface area contributed by atoms with Gasteiger partial charge in [-0.25, -0.2) is 4.79 Å². The zero-order valence-corrected chi connectivity index (χ0v) is 16.0. The van der Waals surface area contributed by atoms with E-state index in [1.54, 1.807) is 25.2 Å². The highest BCUT2D eigenvalue weighted by Crippen LogP contribution is 2.29. The van der Waals surface area contributed by atoms with Crippen LogP contribution in [0.1, 0.15) is 24.1 Å². The number of nitrogens with one attached hydrogen (secondary N) is 1. The summed E-state index contributed by atoms with van der Waals surface area (Å²) < 4.78 is 34.4. The molecule has 8 heteroatoms. The number of rotatable bonds is 7. The SMILES string of the molecule is COc1ccc(CNC(=O)N(C)C(C)c2cccc(Cl)c2)cc1OC(F)F. The Bertz CT molecular complexity index is 789. The van der Waals surface area contributed by atoms with Crippen LogP contribution in [0.3, 0.4) is 0 Å². The van der Waals surface area contributed by atoms with Crippen LogP contribution in [-0.2, 0) is 6.54 Å². The van der Waals surface area contributed by atoms with Gasteiger partial charge < -0.3 is 19.7 Å². The first kappa shape index (κ1) is 20.8. The van der Waals surface area contributed by atoms with Gasteiger partial charge in [0.2, 0.25) is 0 Å². The Kier molecular flexibility index (Phi) is 7.24. The minimum absolute atomic E-state index is 0.0834. The Morgan fingerprint density at radius 3 is 2.59 bits per heavy atom. The third-order valence-electron chi connectivity index (χ3n) is 4.12. The molecular formula is C19H21ClF2N2O3. The first-order valence-corrected chi connectivity index (χ1v) is 8.57. The summed E-state index contributed by atoms with van der Waals surface area (Å²) in [4.78, 5) is 13.9. The van der Waals surface area contributed by atoms with Gasteiger partial charge in [0.1, 0.15) is 0 Å². The summed E-state index contributed by atoms with van der Waals surface area (Å²) in [5.74, 6) is 0.108. The summed E-state index contributed by atoms with van der Waals surface area (Å²) in [6, 6.07) is 11.3. The van der Waals surface area contributed by atoms with Gasteiger partial charge in [-0.15, -0.1) is 0 Å². The van der Waals surface area contributed by atoms with Crippen molar-refractivity contribution in [3.8, 4) is 11.5 Å². The number of hydrogen-bond acceptors (Lipinski definition) is 3. The third-order valence-corrected chi connectivity index (χ3v) is 4.36. The molecule has 2 aromatic rings. The Morgan fingerprint density at radius 2 is 1.96 bits per heavy atom. The highest BCUT2D eigenvalue weighted by Gasteiger charge is 2.18. The van der Waals surface area contributed by atoms with Crippen LogP contribution in [-0.4, -0.2) is 31.7 Å². The fourth-order valence-electron chi connectivity index (χ4n) is 2.49. The van der Waals surface area contributed by atoms with E-state index in [2.05, 4.69) is 10.1 Å². The molecule has 1 unspecified atom stereocenters. The van der Waals surface area contributed by atoms with Crippen LogP contribution >= 0.6 is 11.6 Å². The number of benzene rings is 2. The van der Waals surface area contributed by atoms with Gasteiger partial charge in [-0.1, -0.05) is 29.8 Å². The van der Waals surface area contributed by atoms with Crippen LogP contribution < -0.4 is 14.8 Å². The number of urea groups is 1. The van der Waals surface area contributed by atoms with E-state index >= 15 is 0 Å². The predicted octanol–water partition coefficient (Wildman–Crippen LogP) is 4.85. The van der Waals surface area contributed by atoms with Gasteiger partial charge in [0, 0.05) is 18.6 Å². The molecule has 0 aromatic heterocycles. The van der Waals surface area contributed by atoms with Crippen molar-refractivity contribution in [3.05, 3.63) is 58.6 Å². The smallest absolute Gasteiger partial charge is 0.387 e. The van der Waals surface area contributed by atoms with Gasteiger partial charge in [-0.3, -0.25) is 0 Å². The molecule has 0 spiro atoms. The van der Waals surface area contributed by atoms with Gasteiger partial charge in [0.15, 0.2) is 11.5 Å². The fourth-order valence-corrected chi connectivity index (χ4v) is 2.69. The Hall–Kier alpha value is -2.54. The second kappa shape index (κ2) is 9.41. The van der Waals surface area contributed by atoms with Gasteiger partial charge in [-0.05, 0) is 42.3 Å². The Balaban J connectivity index is 2.02. The predicted molar refractivity (Wildman–Crippen MR) is 99.5 cm³/mol. The molecule has 0 aliphatic carbocycles. The molecule has 1 N–H and O–H groups in total. The molecule has 2 rings (SSSR count). The van der Waals surface area contributed by atoms with E-state index in [4.69, 9.17) is 16.3 Å². The molecular weight excluding hydrogens is 378 g/mol. The third kappa shape index (κ3) is 5.72. The summed E-state index contributed by atoms with van der Waals surface area (Å²) in [6.07, 6.45) is 0. The Labute approximate surface area is 161 Å². The van der Waals surface area contributed by atoms with Crippen molar-refractivity contribution in [3.63, 3.8) is 0 Å². The molecule has 0 fully saturated rings. The molecule has 0 heterocycles. The lowest BCUT2D eigenvalue weighted by Crippen LogP contribution is -2.38. The molecule has 2 aromatic carbocycles. The summed E-state index contributed by atoms with van der Waals surface area (Å²) in [7, 11) is 3.03. The van der Waals surface area contributed by atoms with Crippen molar-refractivity contribution >= 4 is 17.6 Å². The first-order valence-electron chi connectivity index (χ1n) is 8.19. The molecule has 2 amide bonds. The number of alkyl halides is 2. The molecule has 146 valence electrons. The molecule has 0 aliphatic heterocycles. The number of nitrogens with zero attached hydrogens (tertiary/aromatic N) is 1. The zero-order chi connectivity index (χ0) is 20.0. The summed E-state index contributed by atoms with van der Waals surface area (Å²) in [5.41, 5.74) is 1.50. The largest absolute Gasteiger partial charge is 0.493 e. The Morgan fingerprint density at radius 1 is 1.22 bits per heavy atom. The lowest BCUT2D eigenvalue weighted by Gasteiger charge is -2.26. The van der Waals surface area contributed by atoms with Crippen LogP contribution in [0.25, 0.3) is 0 Å². The van der Waals surface area contributed by atoms with E-state index in [0.717, 1.165) is 5.56 Å². The molecule has 0 radical (unpaired) electrons. The maximum atomic E-state index is 12.5. The van der Waals surface area contributed by atoms with E-state index < -0.39 is 6.61 Å². The van der Waals surface area contributed by atoms with Gasteiger partial charge in [0.25, 0.3) is 0 Å². The molecule has 0 saturated heterocycles. The molecule has 27 heavy (non-hydrogen) atoms. The fraction of sp³-hybridized carbons (Fsp3) is 0.316.